The van der Waals surface area contributed by atoms with E-state index >= 15 is 0 Å². The Hall–Kier alpha value is -2.69. The molecule has 0 bridgehead atoms. The van der Waals surface area contributed by atoms with Crippen molar-refractivity contribution in [3.8, 4) is 0 Å². The fraction of sp³-hybridized carbons (Fsp3) is 0.607. The molecule has 2 amide bonds. The lowest BCUT2D eigenvalue weighted by molar-refractivity contribution is -0.115. The van der Waals surface area contributed by atoms with Crippen molar-refractivity contribution in [2.75, 3.05) is 36.5 Å². The van der Waals surface area contributed by atoms with Crippen LogP contribution in [0.3, 0.4) is 0 Å². The fourth-order valence-corrected chi connectivity index (χ4v) is 5.41. The summed E-state index contributed by atoms with van der Waals surface area (Å²) in [6.45, 7) is 12.8. The number of pyridine rings is 1. The van der Waals surface area contributed by atoms with Crippen LogP contribution < -0.4 is 10.6 Å². The number of nitrogens with zero attached hydrogens (tertiary/aromatic N) is 2. The molecule has 1 aliphatic heterocycles. The van der Waals surface area contributed by atoms with Gasteiger partial charge in [-0.1, -0.05) is 20.8 Å². The lowest BCUT2D eigenvalue weighted by Crippen LogP contribution is -2.49. The van der Waals surface area contributed by atoms with Gasteiger partial charge in [0.25, 0.3) is 5.91 Å². The highest BCUT2D eigenvalue weighted by molar-refractivity contribution is 7.99. The lowest BCUT2D eigenvalue weighted by atomic mass is 9.84. The number of alkyl halides is 3. The van der Waals surface area contributed by atoms with Gasteiger partial charge in [-0.15, -0.1) is 0 Å². The Balaban J connectivity index is 1.87. The second-order valence-corrected chi connectivity index (χ2v) is 13.1. The lowest BCUT2D eigenvalue weighted by Gasteiger charge is -2.32. The Labute approximate surface area is 232 Å². The topological polar surface area (TPSA) is 83.6 Å². The third-order valence-corrected chi connectivity index (χ3v) is 7.42. The first-order valence-electron chi connectivity index (χ1n) is 13.1. The fourth-order valence-electron chi connectivity index (χ4n) is 4.34. The molecular weight excluding hydrogens is 529 g/mol. The Morgan fingerprint density at radius 3 is 2.44 bits per heavy atom. The first kappa shape index (κ1) is 30.8. The molecule has 1 atom stereocenters. The van der Waals surface area contributed by atoms with Crippen LogP contribution in [0.4, 0.5) is 23.7 Å². The highest BCUT2D eigenvalue weighted by Crippen LogP contribution is 2.34. The number of hydrogen-bond acceptors (Lipinski definition) is 6. The standard InChI is InChI=1S/C28H39F3N4O3S/c1-17-11-22(24(36)32-14-19-15-39-10-8-9-35(19)25(37)38-27(5,6)7)34-23-20(17)12-18(33-16-28(29,30)31)13-21(23)26(2,3)4/h11-13,19,33H,8-10,14-16H2,1-7H3,(H,32,36). The van der Waals surface area contributed by atoms with Gasteiger partial charge in [0.15, 0.2) is 0 Å². The van der Waals surface area contributed by atoms with E-state index in [0.29, 0.717) is 28.9 Å². The minimum absolute atomic E-state index is 0.214. The van der Waals surface area contributed by atoms with Gasteiger partial charge in [0, 0.05) is 29.9 Å². The Kier molecular flexibility index (Phi) is 9.35. The van der Waals surface area contributed by atoms with Gasteiger partial charge < -0.3 is 20.3 Å². The van der Waals surface area contributed by atoms with Gasteiger partial charge in [0.2, 0.25) is 0 Å². The summed E-state index contributed by atoms with van der Waals surface area (Å²) in [5, 5.41) is 6.09. The van der Waals surface area contributed by atoms with Crippen LogP contribution in [0.1, 0.15) is 69.6 Å². The summed E-state index contributed by atoms with van der Waals surface area (Å²) in [5.41, 5.74) is 1.54. The zero-order valence-electron chi connectivity index (χ0n) is 23.7. The molecule has 0 radical (unpaired) electrons. The number of hydrogen-bond donors (Lipinski definition) is 2. The normalized spacial score (nSPS) is 17.1. The number of carbonyl (C=O) groups is 2. The molecule has 0 saturated carbocycles. The zero-order chi connectivity index (χ0) is 29.2. The number of carbonyl (C=O) groups excluding carboxylic acids is 2. The number of benzene rings is 1. The Morgan fingerprint density at radius 2 is 1.82 bits per heavy atom. The maximum Gasteiger partial charge on any atom is 0.410 e. The number of aromatic nitrogens is 1. The van der Waals surface area contributed by atoms with Crippen LogP contribution in [0.15, 0.2) is 18.2 Å². The minimum atomic E-state index is -4.35. The highest BCUT2D eigenvalue weighted by Gasteiger charge is 2.31. The molecule has 2 aromatic rings. The maximum absolute atomic E-state index is 13.3. The SMILES string of the molecule is Cc1cc(C(=O)NCC2CSCCCN2C(=O)OC(C)(C)C)nc2c(C(C)(C)C)cc(NCC(F)(F)F)cc12. The molecule has 1 aromatic heterocycles. The molecule has 1 saturated heterocycles. The first-order valence-corrected chi connectivity index (χ1v) is 14.2. The van der Waals surface area contributed by atoms with E-state index < -0.39 is 29.8 Å². The molecule has 11 heteroatoms. The van der Waals surface area contributed by atoms with E-state index in [1.807, 2.05) is 48.5 Å². The summed E-state index contributed by atoms with van der Waals surface area (Å²) < 4.78 is 44.1. The van der Waals surface area contributed by atoms with Gasteiger partial charge in [0.1, 0.15) is 17.8 Å². The predicted molar refractivity (Wildman–Crippen MR) is 151 cm³/mol. The average molecular weight is 569 g/mol. The molecule has 0 aliphatic carbocycles. The van der Waals surface area contributed by atoms with Gasteiger partial charge in [-0.3, -0.25) is 4.79 Å². The summed E-state index contributed by atoms with van der Waals surface area (Å²) >= 11 is 1.73. The smallest absolute Gasteiger partial charge is 0.410 e. The number of rotatable bonds is 5. The van der Waals surface area contributed by atoms with Crippen LogP contribution in [0.25, 0.3) is 10.9 Å². The maximum atomic E-state index is 13.3. The highest BCUT2D eigenvalue weighted by atomic mass is 32.2. The molecule has 216 valence electrons. The third-order valence-electron chi connectivity index (χ3n) is 6.22. The van der Waals surface area contributed by atoms with E-state index in [9.17, 15) is 22.8 Å². The van der Waals surface area contributed by atoms with E-state index in [2.05, 4.69) is 15.6 Å². The van der Waals surface area contributed by atoms with Crippen LogP contribution in [0.2, 0.25) is 0 Å². The van der Waals surface area contributed by atoms with Gasteiger partial charge in [0.05, 0.1) is 11.6 Å². The van der Waals surface area contributed by atoms with Crippen molar-refractivity contribution in [3.05, 3.63) is 35.0 Å². The molecule has 7 nitrogen and oxygen atoms in total. The van der Waals surface area contributed by atoms with E-state index in [4.69, 9.17) is 4.74 Å². The van der Waals surface area contributed by atoms with Crippen LogP contribution in [0, 0.1) is 6.92 Å². The molecule has 1 unspecified atom stereocenters. The van der Waals surface area contributed by atoms with Crippen LogP contribution >= 0.6 is 11.8 Å². The monoisotopic (exact) mass is 568 g/mol. The number of aryl methyl sites for hydroxylation is 1. The number of fused-ring (bicyclic) bond motifs is 1. The molecule has 0 spiro atoms. The molecule has 2 heterocycles. The molecule has 1 aromatic carbocycles. The van der Waals surface area contributed by atoms with Crippen molar-refractivity contribution in [3.63, 3.8) is 0 Å². The second kappa shape index (κ2) is 11.8. The summed E-state index contributed by atoms with van der Waals surface area (Å²) in [7, 11) is 0. The van der Waals surface area contributed by atoms with E-state index in [0.717, 1.165) is 23.3 Å². The number of amides is 2. The van der Waals surface area contributed by atoms with Crippen molar-refractivity contribution < 1.29 is 27.5 Å². The van der Waals surface area contributed by atoms with Crippen molar-refractivity contribution in [2.24, 2.45) is 0 Å². The van der Waals surface area contributed by atoms with Crippen LogP contribution in [-0.2, 0) is 10.2 Å². The number of anilines is 1. The Morgan fingerprint density at radius 1 is 1.13 bits per heavy atom. The average Bonchev–Trinajstić information content (AvgIpc) is 3.04. The van der Waals surface area contributed by atoms with Gasteiger partial charge >= 0.3 is 12.3 Å². The molecular formula is C28H39F3N4O3S. The van der Waals surface area contributed by atoms with Gasteiger partial charge in [-0.25, -0.2) is 9.78 Å². The number of thioether (sulfide) groups is 1. The van der Waals surface area contributed by atoms with E-state index in [1.54, 1.807) is 34.9 Å². The third kappa shape index (κ3) is 8.65. The largest absolute Gasteiger partial charge is 0.444 e. The molecule has 1 fully saturated rings. The second-order valence-electron chi connectivity index (χ2n) is 11.9. The minimum Gasteiger partial charge on any atom is -0.444 e. The van der Waals surface area contributed by atoms with E-state index in [-0.39, 0.29) is 24.2 Å². The van der Waals surface area contributed by atoms with Gasteiger partial charge in [-0.2, -0.15) is 24.9 Å². The van der Waals surface area contributed by atoms with E-state index in [1.165, 1.54) is 0 Å². The van der Waals surface area contributed by atoms with Crippen molar-refractivity contribution in [1.29, 1.82) is 0 Å². The molecule has 2 N–H and O–H groups in total. The molecule has 39 heavy (non-hydrogen) atoms. The summed E-state index contributed by atoms with van der Waals surface area (Å²) in [6.07, 6.45) is -3.90. The first-order chi connectivity index (χ1) is 17.9. The summed E-state index contributed by atoms with van der Waals surface area (Å²) in [4.78, 5) is 32.5. The molecule has 1 aliphatic rings. The predicted octanol–water partition coefficient (Wildman–Crippen LogP) is 6.29. The van der Waals surface area contributed by atoms with Crippen molar-refractivity contribution in [2.45, 2.75) is 78.1 Å². The van der Waals surface area contributed by atoms with Gasteiger partial charge in [-0.05, 0) is 74.6 Å². The quantitative estimate of drug-likeness (QED) is 0.441. The van der Waals surface area contributed by atoms with Crippen LogP contribution in [0.5, 0.6) is 0 Å². The number of ether oxygens (including phenoxy) is 1. The zero-order valence-corrected chi connectivity index (χ0v) is 24.5. The Bertz CT molecular complexity index is 1210. The summed E-state index contributed by atoms with van der Waals surface area (Å²) in [5.74, 6) is 1.22. The van der Waals surface area contributed by atoms with Crippen molar-refractivity contribution >= 4 is 40.4 Å². The number of nitrogens with one attached hydrogen (secondary N) is 2. The van der Waals surface area contributed by atoms with Crippen LogP contribution in [-0.4, -0.2) is 70.8 Å². The van der Waals surface area contributed by atoms with Crippen molar-refractivity contribution in [1.82, 2.24) is 15.2 Å². The molecule has 3 rings (SSSR count). The number of halogens is 3. The summed E-state index contributed by atoms with van der Waals surface area (Å²) in [6, 6.07) is 4.72.